The number of fused-ring (bicyclic) bond motifs is 1. The minimum Gasteiger partial charge on any atom is -0.352 e. The summed E-state index contributed by atoms with van der Waals surface area (Å²) in [5.41, 5.74) is 2.82. The minimum atomic E-state index is -0.285. The molecule has 0 spiro atoms. The highest BCUT2D eigenvalue weighted by Crippen LogP contribution is 2.26. The molecule has 6 heteroatoms. The van der Waals surface area contributed by atoms with Crippen molar-refractivity contribution >= 4 is 22.9 Å². The summed E-state index contributed by atoms with van der Waals surface area (Å²) in [6.07, 6.45) is 1.80. The maximum atomic E-state index is 13.3. The molecule has 0 bridgehead atoms. The number of aromatic nitrogens is 2. The van der Waals surface area contributed by atoms with Crippen LogP contribution in [0.4, 0.5) is 10.3 Å². The lowest BCUT2D eigenvalue weighted by molar-refractivity contribution is -0.125. The molecule has 1 saturated heterocycles. The molecule has 27 heavy (non-hydrogen) atoms. The van der Waals surface area contributed by atoms with Crippen LogP contribution in [0.1, 0.15) is 18.4 Å². The second kappa shape index (κ2) is 7.39. The summed E-state index contributed by atoms with van der Waals surface area (Å²) in [4.78, 5) is 19.6. The van der Waals surface area contributed by atoms with Gasteiger partial charge in [0.05, 0.1) is 17.0 Å². The van der Waals surface area contributed by atoms with Gasteiger partial charge in [-0.05, 0) is 42.7 Å². The number of imidazole rings is 1. The van der Waals surface area contributed by atoms with E-state index in [2.05, 4.69) is 20.9 Å². The molecule has 0 unspecified atom stereocenters. The Kier molecular flexibility index (Phi) is 4.79. The molecule has 4 rings (SSSR count). The molecule has 1 amide bonds. The topological polar surface area (TPSA) is 50.2 Å². The van der Waals surface area contributed by atoms with E-state index >= 15 is 0 Å². The average molecular weight is 366 g/mol. The molecule has 1 aromatic heterocycles. The largest absolute Gasteiger partial charge is 0.352 e. The van der Waals surface area contributed by atoms with E-state index in [4.69, 9.17) is 4.98 Å². The Morgan fingerprint density at radius 2 is 2.11 bits per heavy atom. The lowest BCUT2D eigenvalue weighted by Crippen LogP contribution is -2.43. The molecule has 1 fully saturated rings. The Labute approximate surface area is 157 Å². The molecular formula is C21H23FN4O. The predicted octanol–water partition coefficient (Wildman–Crippen LogP) is 3.25. The monoisotopic (exact) mass is 366 g/mol. The first kappa shape index (κ1) is 17.5. The van der Waals surface area contributed by atoms with Crippen LogP contribution in [-0.2, 0) is 18.4 Å². The lowest BCUT2D eigenvalue weighted by atomic mass is 9.97. The number of amides is 1. The number of halogens is 1. The van der Waals surface area contributed by atoms with Gasteiger partial charge in [-0.3, -0.25) is 4.79 Å². The molecule has 140 valence electrons. The summed E-state index contributed by atoms with van der Waals surface area (Å²) in [5.74, 6) is 0.543. The number of hydrogen-bond donors (Lipinski definition) is 1. The number of piperidine rings is 1. The SMILES string of the molecule is Cn1c(N2CCC[C@@H](C(=O)NCc3cccc(F)c3)C2)nc2ccccc21. The van der Waals surface area contributed by atoms with Gasteiger partial charge in [0.1, 0.15) is 5.82 Å². The van der Waals surface area contributed by atoms with Crippen molar-refractivity contribution < 1.29 is 9.18 Å². The smallest absolute Gasteiger partial charge is 0.225 e. The number of anilines is 1. The number of carbonyl (C=O) groups excluding carboxylic acids is 1. The summed E-state index contributed by atoms with van der Waals surface area (Å²) < 4.78 is 15.4. The normalized spacial score (nSPS) is 17.3. The second-order valence-corrected chi connectivity index (χ2v) is 7.09. The number of nitrogens with one attached hydrogen (secondary N) is 1. The highest BCUT2D eigenvalue weighted by molar-refractivity contribution is 5.81. The minimum absolute atomic E-state index is 0.0164. The van der Waals surface area contributed by atoms with Crippen molar-refractivity contribution in [3.05, 3.63) is 59.9 Å². The summed E-state index contributed by atoms with van der Waals surface area (Å²) in [5, 5.41) is 2.95. The Morgan fingerprint density at radius 1 is 1.26 bits per heavy atom. The van der Waals surface area contributed by atoms with E-state index in [1.54, 1.807) is 6.07 Å². The van der Waals surface area contributed by atoms with Gasteiger partial charge in [0.15, 0.2) is 0 Å². The van der Waals surface area contributed by atoms with Crippen LogP contribution in [0.2, 0.25) is 0 Å². The van der Waals surface area contributed by atoms with Crippen molar-refractivity contribution in [3.8, 4) is 0 Å². The van der Waals surface area contributed by atoms with Crippen LogP contribution >= 0.6 is 0 Å². The van der Waals surface area contributed by atoms with Crippen LogP contribution < -0.4 is 10.2 Å². The zero-order valence-corrected chi connectivity index (χ0v) is 15.4. The molecule has 2 heterocycles. The van der Waals surface area contributed by atoms with Gasteiger partial charge >= 0.3 is 0 Å². The van der Waals surface area contributed by atoms with E-state index in [0.717, 1.165) is 41.9 Å². The van der Waals surface area contributed by atoms with Crippen molar-refractivity contribution in [3.63, 3.8) is 0 Å². The van der Waals surface area contributed by atoms with Gasteiger partial charge in [-0.25, -0.2) is 9.37 Å². The van der Waals surface area contributed by atoms with Crippen molar-refractivity contribution in [1.29, 1.82) is 0 Å². The van der Waals surface area contributed by atoms with Gasteiger partial charge in [-0.1, -0.05) is 24.3 Å². The number of nitrogens with zero attached hydrogens (tertiary/aromatic N) is 3. The van der Waals surface area contributed by atoms with E-state index in [1.165, 1.54) is 12.1 Å². The number of rotatable bonds is 4. The standard InChI is InChI=1S/C21H23FN4O/c1-25-19-10-3-2-9-18(19)24-21(25)26-11-5-7-16(14-26)20(27)23-13-15-6-4-8-17(22)12-15/h2-4,6,8-10,12,16H,5,7,11,13-14H2,1H3,(H,23,27)/t16-/m1/s1. The third kappa shape index (κ3) is 3.65. The average Bonchev–Trinajstić information content (AvgIpc) is 3.03. The van der Waals surface area contributed by atoms with Gasteiger partial charge in [0.2, 0.25) is 11.9 Å². The molecule has 1 atom stereocenters. The Bertz CT molecular complexity index is 968. The van der Waals surface area contributed by atoms with Gasteiger partial charge in [0, 0.05) is 26.7 Å². The van der Waals surface area contributed by atoms with Crippen LogP contribution in [0.15, 0.2) is 48.5 Å². The molecule has 1 N–H and O–H groups in total. The first-order valence-electron chi connectivity index (χ1n) is 9.30. The van der Waals surface area contributed by atoms with Gasteiger partial charge < -0.3 is 14.8 Å². The zero-order chi connectivity index (χ0) is 18.8. The van der Waals surface area contributed by atoms with Crippen LogP contribution in [0.3, 0.4) is 0 Å². The molecule has 0 saturated carbocycles. The quantitative estimate of drug-likeness (QED) is 0.771. The number of hydrogen-bond acceptors (Lipinski definition) is 3. The number of para-hydroxylation sites is 2. The predicted molar refractivity (Wildman–Crippen MR) is 104 cm³/mol. The van der Waals surface area contributed by atoms with Crippen LogP contribution in [0.25, 0.3) is 11.0 Å². The molecule has 3 aromatic rings. The summed E-state index contributed by atoms with van der Waals surface area (Å²) in [7, 11) is 2.01. The summed E-state index contributed by atoms with van der Waals surface area (Å²) in [6, 6.07) is 14.4. The summed E-state index contributed by atoms with van der Waals surface area (Å²) >= 11 is 0. The van der Waals surface area contributed by atoms with E-state index < -0.39 is 0 Å². The number of carbonyl (C=O) groups is 1. The van der Waals surface area contributed by atoms with Gasteiger partial charge in [-0.2, -0.15) is 0 Å². The Morgan fingerprint density at radius 3 is 2.93 bits per heavy atom. The summed E-state index contributed by atoms with van der Waals surface area (Å²) in [6.45, 7) is 1.89. The molecule has 1 aliphatic rings. The fourth-order valence-electron chi connectivity index (χ4n) is 3.77. The van der Waals surface area contributed by atoms with E-state index in [0.29, 0.717) is 13.1 Å². The molecule has 0 aliphatic carbocycles. The van der Waals surface area contributed by atoms with Crippen LogP contribution in [-0.4, -0.2) is 28.5 Å². The molecule has 1 aliphatic heterocycles. The van der Waals surface area contributed by atoms with Crippen molar-refractivity contribution in [2.24, 2.45) is 13.0 Å². The van der Waals surface area contributed by atoms with E-state index in [-0.39, 0.29) is 17.6 Å². The lowest BCUT2D eigenvalue weighted by Gasteiger charge is -2.32. The first-order valence-corrected chi connectivity index (χ1v) is 9.30. The molecule has 2 aromatic carbocycles. The maximum absolute atomic E-state index is 13.3. The van der Waals surface area contributed by atoms with E-state index in [1.807, 2.05) is 31.3 Å². The maximum Gasteiger partial charge on any atom is 0.225 e. The fourth-order valence-corrected chi connectivity index (χ4v) is 3.77. The number of aryl methyl sites for hydroxylation is 1. The molecule has 5 nitrogen and oxygen atoms in total. The number of benzene rings is 2. The van der Waals surface area contributed by atoms with Gasteiger partial charge in [0.25, 0.3) is 0 Å². The molecule has 0 radical (unpaired) electrons. The van der Waals surface area contributed by atoms with Crippen LogP contribution in [0.5, 0.6) is 0 Å². The highest BCUT2D eigenvalue weighted by Gasteiger charge is 2.28. The Hall–Kier alpha value is -2.89. The second-order valence-electron chi connectivity index (χ2n) is 7.09. The van der Waals surface area contributed by atoms with Gasteiger partial charge in [-0.15, -0.1) is 0 Å². The van der Waals surface area contributed by atoms with Crippen LogP contribution in [0, 0.1) is 11.7 Å². The highest BCUT2D eigenvalue weighted by atomic mass is 19.1. The zero-order valence-electron chi connectivity index (χ0n) is 15.4. The van der Waals surface area contributed by atoms with Crippen molar-refractivity contribution in [2.45, 2.75) is 19.4 Å². The fraction of sp³-hybridized carbons (Fsp3) is 0.333. The molecular weight excluding hydrogens is 343 g/mol. The van der Waals surface area contributed by atoms with Crippen molar-refractivity contribution in [1.82, 2.24) is 14.9 Å². The Balaban J connectivity index is 1.44. The third-order valence-corrected chi connectivity index (χ3v) is 5.19. The third-order valence-electron chi connectivity index (χ3n) is 5.19. The van der Waals surface area contributed by atoms with Crippen molar-refractivity contribution in [2.75, 3.05) is 18.0 Å². The van der Waals surface area contributed by atoms with E-state index in [9.17, 15) is 9.18 Å². The first-order chi connectivity index (χ1) is 13.1.